The molecule has 112 valence electrons. The molecule has 0 amide bonds. The van der Waals surface area contributed by atoms with Crippen LogP contribution in [0.5, 0.6) is 0 Å². The molecule has 0 bridgehead atoms. The van der Waals surface area contributed by atoms with Crippen molar-refractivity contribution >= 4 is 31.5 Å². The normalized spacial score (nSPS) is 22.2. The van der Waals surface area contributed by atoms with E-state index in [0.717, 1.165) is 4.31 Å². The van der Waals surface area contributed by atoms with Crippen LogP contribution in [0.1, 0.15) is 12.0 Å². The fraction of sp³-hybridized carbons (Fsp3) is 0.500. The summed E-state index contributed by atoms with van der Waals surface area (Å²) < 4.78 is 49.3. The highest BCUT2D eigenvalue weighted by molar-refractivity contribution is 7.92. The summed E-state index contributed by atoms with van der Waals surface area (Å²) in [5.74, 6) is 0.00661. The van der Waals surface area contributed by atoms with Crippen LogP contribution in [-0.4, -0.2) is 45.7 Å². The van der Waals surface area contributed by atoms with E-state index in [1.54, 1.807) is 18.2 Å². The SMILES string of the molecule is CN(C1CCS(=O)(=O)C1)S(=O)(=O)c1ccccc1CCl. The van der Waals surface area contributed by atoms with Crippen LogP contribution in [0.2, 0.25) is 0 Å². The Labute approximate surface area is 124 Å². The Kier molecular flexibility index (Phi) is 4.44. The van der Waals surface area contributed by atoms with E-state index in [9.17, 15) is 16.8 Å². The lowest BCUT2D eigenvalue weighted by Crippen LogP contribution is -2.38. The summed E-state index contributed by atoms with van der Waals surface area (Å²) in [7, 11) is -5.44. The number of hydrogen-bond donors (Lipinski definition) is 0. The second-order valence-electron chi connectivity index (χ2n) is 4.82. The molecule has 1 aromatic carbocycles. The lowest BCUT2D eigenvalue weighted by molar-refractivity contribution is 0.393. The van der Waals surface area contributed by atoms with Crippen LogP contribution < -0.4 is 0 Å². The maximum atomic E-state index is 12.6. The Balaban J connectivity index is 2.35. The van der Waals surface area contributed by atoms with Gasteiger partial charge < -0.3 is 0 Å². The van der Waals surface area contributed by atoms with Gasteiger partial charge in [0.15, 0.2) is 9.84 Å². The molecule has 1 unspecified atom stereocenters. The minimum Gasteiger partial charge on any atom is -0.229 e. The standard InChI is InChI=1S/C12H16ClNO4S2/c1-14(11-6-7-19(15,16)9-11)20(17,18)12-5-3-2-4-10(12)8-13/h2-5,11H,6-9H2,1H3. The summed E-state index contributed by atoms with van der Waals surface area (Å²) >= 11 is 5.77. The van der Waals surface area contributed by atoms with Gasteiger partial charge in [-0.3, -0.25) is 0 Å². The zero-order valence-electron chi connectivity index (χ0n) is 11.0. The van der Waals surface area contributed by atoms with E-state index in [1.807, 2.05) is 0 Å². The zero-order chi connectivity index (χ0) is 15.0. The Morgan fingerprint density at radius 2 is 2.00 bits per heavy atom. The van der Waals surface area contributed by atoms with Gasteiger partial charge in [0, 0.05) is 19.0 Å². The molecule has 1 aromatic rings. The van der Waals surface area contributed by atoms with Crippen molar-refractivity contribution in [3.05, 3.63) is 29.8 Å². The van der Waals surface area contributed by atoms with Crippen molar-refractivity contribution in [1.29, 1.82) is 0 Å². The topological polar surface area (TPSA) is 71.5 Å². The molecule has 0 aromatic heterocycles. The number of nitrogens with zero attached hydrogens (tertiary/aromatic N) is 1. The van der Waals surface area contributed by atoms with Gasteiger partial charge in [-0.05, 0) is 18.1 Å². The van der Waals surface area contributed by atoms with Gasteiger partial charge in [0.2, 0.25) is 10.0 Å². The average Bonchev–Trinajstić information content (AvgIpc) is 2.78. The number of sulfonamides is 1. The third-order valence-electron chi connectivity index (χ3n) is 3.50. The number of rotatable bonds is 4. The molecule has 20 heavy (non-hydrogen) atoms. The second kappa shape index (κ2) is 5.63. The highest BCUT2D eigenvalue weighted by Gasteiger charge is 2.37. The Bertz CT molecular complexity index is 700. The van der Waals surface area contributed by atoms with Gasteiger partial charge in [0.1, 0.15) is 0 Å². The average molecular weight is 338 g/mol. The van der Waals surface area contributed by atoms with Gasteiger partial charge in [-0.15, -0.1) is 11.6 Å². The predicted molar refractivity (Wildman–Crippen MR) is 78.0 cm³/mol. The number of halogens is 1. The van der Waals surface area contributed by atoms with E-state index >= 15 is 0 Å². The van der Waals surface area contributed by atoms with Crippen molar-refractivity contribution in [2.75, 3.05) is 18.6 Å². The van der Waals surface area contributed by atoms with Crippen molar-refractivity contribution in [2.45, 2.75) is 23.2 Å². The largest absolute Gasteiger partial charge is 0.243 e. The first kappa shape index (κ1) is 15.8. The minimum atomic E-state index is -3.73. The van der Waals surface area contributed by atoms with Gasteiger partial charge in [0.05, 0.1) is 16.4 Å². The molecule has 1 aliphatic heterocycles. The van der Waals surface area contributed by atoms with E-state index in [2.05, 4.69) is 0 Å². The van der Waals surface area contributed by atoms with Crippen LogP contribution in [0, 0.1) is 0 Å². The van der Waals surface area contributed by atoms with Crippen LogP contribution in [0.25, 0.3) is 0 Å². The number of alkyl halides is 1. The fourth-order valence-corrected chi connectivity index (χ4v) is 6.07. The third kappa shape index (κ3) is 3.00. The molecule has 2 rings (SSSR count). The quantitative estimate of drug-likeness (QED) is 0.775. The lowest BCUT2D eigenvalue weighted by atomic mass is 10.2. The molecule has 1 fully saturated rings. The predicted octanol–water partition coefficient (Wildman–Crippen LogP) is 1.23. The highest BCUT2D eigenvalue weighted by atomic mass is 35.5. The second-order valence-corrected chi connectivity index (χ2v) is 9.28. The fourth-order valence-electron chi connectivity index (χ4n) is 2.28. The molecule has 0 saturated carbocycles. The lowest BCUT2D eigenvalue weighted by Gasteiger charge is -2.23. The summed E-state index contributed by atoms with van der Waals surface area (Å²) in [4.78, 5) is 0.141. The Morgan fingerprint density at radius 1 is 1.35 bits per heavy atom. The van der Waals surface area contributed by atoms with Crippen molar-refractivity contribution in [3.8, 4) is 0 Å². The van der Waals surface area contributed by atoms with Crippen molar-refractivity contribution in [2.24, 2.45) is 0 Å². The summed E-state index contributed by atoms with van der Waals surface area (Å²) in [5, 5.41) is 0. The van der Waals surface area contributed by atoms with Gasteiger partial charge in [-0.2, -0.15) is 4.31 Å². The molecule has 1 atom stereocenters. The van der Waals surface area contributed by atoms with E-state index < -0.39 is 25.9 Å². The Hall–Kier alpha value is -0.630. The van der Waals surface area contributed by atoms with Gasteiger partial charge in [-0.1, -0.05) is 18.2 Å². The molecule has 1 aliphatic rings. The first-order valence-electron chi connectivity index (χ1n) is 6.10. The van der Waals surface area contributed by atoms with E-state index in [4.69, 9.17) is 11.6 Å². The molecule has 0 aliphatic carbocycles. The molecular formula is C12H16ClNO4S2. The van der Waals surface area contributed by atoms with Crippen molar-refractivity contribution in [3.63, 3.8) is 0 Å². The van der Waals surface area contributed by atoms with Gasteiger partial charge in [-0.25, -0.2) is 16.8 Å². The van der Waals surface area contributed by atoms with Crippen molar-refractivity contribution in [1.82, 2.24) is 4.31 Å². The van der Waals surface area contributed by atoms with E-state index in [-0.39, 0.29) is 22.3 Å². The summed E-state index contributed by atoms with van der Waals surface area (Å²) in [6.07, 6.45) is 0.334. The minimum absolute atomic E-state index is 0.0364. The third-order valence-corrected chi connectivity index (χ3v) is 7.55. The van der Waals surface area contributed by atoms with Gasteiger partial charge >= 0.3 is 0 Å². The summed E-state index contributed by atoms with van der Waals surface area (Å²) in [6.45, 7) is 0. The number of hydrogen-bond acceptors (Lipinski definition) is 4. The van der Waals surface area contributed by atoms with Crippen LogP contribution in [-0.2, 0) is 25.7 Å². The molecule has 0 N–H and O–H groups in total. The van der Waals surface area contributed by atoms with Crippen LogP contribution in [0.4, 0.5) is 0 Å². The van der Waals surface area contributed by atoms with Crippen LogP contribution in [0.3, 0.4) is 0 Å². The molecule has 1 heterocycles. The van der Waals surface area contributed by atoms with Crippen LogP contribution in [0.15, 0.2) is 29.2 Å². The highest BCUT2D eigenvalue weighted by Crippen LogP contribution is 2.26. The summed E-state index contributed by atoms with van der Waals surface area (Å²) in [5.41, 5.74) is 0.516. The first-order valence-corrected chi connectivity index (χ1v) is 9.90. The smallest absolute Gasteiger partial charge is 0.229 e. The molecular weight excluding hydrogens is 322 g/mol. The van der Waals surface area contributed by atoms with E-state index in [1.165, 1.54) is 13.1 Å². The molecule has 5 nitrogen and oxygen atoms in total. The first-order chi connectivity index (χ1) is 9.28. The molecule has 1 saturated heterocycles. The summed E-state index contributed by atoms with van der Waals surface area (Å²) in [6, 6.07) is 5.98. The molecule has 0 radical (unpaired) electrons. The van der Waals surface area contributed by atoms with Crippen molar-refractivity contribution < 1.29 is 16.8 Å². The Morgan fingerprint density at radius 3 is 2.55 bits per heavy atom. The maximum absolute atomic E-state index is 12.6. The van der Waals surface area contributed by atoms with Crippen LogP contribution >= 0.6 is 11.6 Å². The van der Waals surface area contributed by atoms with Gasteiger partial charge in [0.25, 0.3) is 0 Å². The monoisotopic (exact) mass is 337 g/mol. The number of benzene rings is 1. The molecule has 0 spiro atoms. The van der Waals surface area contributed by atoms with E-state index in [0.29, 0.717) is 12.0 Å². The maximum Gasteiger partial charge on any atom is 0.243 e. The zero-order valence-corrected chi connectivity index (χ0v) is 13.4. The molecule has 8 heteroatoms. The number of sulfone groups is 1.